The van der Waals surface area contributed by atoms with Gasteiger partial charge in [0.2, 0.25) is 5.91 Å². The average Bonchev–Trinajstić information content (AvgIpc) is 3.17. The van der Waals surface area contributed by atoms with E-state index >= 15 is 0 Å². The molecule has 1 N–H and O–H groups in total. The number of rotatable bonds is 6. The molecule has 3 aromatic rings. The van der Waals surface area contributed by atoms with Gasteiger partial charge in [0, 0.05) is 37.6 Å². The molecule has 7 heteroatoms. The number of fused-ring (bicyclic) bond motifs is 1. The third kappa shape index (κ3) is 4.57. The van der Waals surface area contributed by atoms with Crippen LogP contribution in [0.4, 0.5) is 5.82 Å². The molecule has 0 spiro atoms. The highest BCUT2D eigenvalue weighted by Crippen LogP contribution is 2.36. The largest absolute Gasteiger partial charge is 0.355 e. The van der Waals surface area contributed by atoms with Crippen molar-refractivity contribution in [3.8, 4) is 10.4 Å². The number of amides is 1. The molecule has 0 atom stereocenters. The lowest BCUT2D eigenvalue weighted by Crippen LogP contribution is -2.49. The number of hydrogen-bond donors (Lipinski definition) is 1. The number of thiophene rings is 1. The smallest absolute Gasteiger partial charge is 0.234 e. The molecule has 1 amide bonds. The van der Waals surface area contributed by atoms with Crippen LogP contribution in [-0.2, 0) is 4.79 Å². The molecule has 1 saturated heterocycles. The van der Waals surface area contributed by atoms with E-state index in [4.69, 9.17) is 4.98 Å². The number of carbonyl (C=O) groups excluding carboxylic acids is 1. The van der Waals surface area contributed by atoms with Crippen LogP contribution in [0.5, 0.6) is 0 Å². The van der Waals surface area contributed by atoms with E-state index in [-0.39, 0.29) is 5.91 Å². The van der Waals surface area contributed by atoms with Crippen molar-refractivity contribution in [2.75, 3.05) is 44.2 Å². The summed E-state index contributed by atoms with van der Waals surface area (Å²) in [5, 5.41) is 4.08. The molecule has 29 heavy (non-hydrogen) atoms. The molecule has 1 fully saturated rings. The zero-order valence-electron chi connectivity index (χ0n) is 17.0. The predicted molar refractivity (Wildman–Crippen MR) is 120 cm³/mol. The molecule has 1 aliphatic heterocycles. The zero-order chi connectivity index (χ0) is 20.2. The minimum Gasteiger partial charge on any atom is -0.355 e. The van der Waals surface area contributed by atoms with Crippen LogP contribution >= 0.6 is 11.3 Å². The molecule has 2 aromatic heterocycles. The molecule has 1 aromatic carbocycles. The fourth-order valence-electron chi connectivity index (χ4n) is 3.64. The average molecular weight is 410 g/mol. The van der Waals surface area contributed by atoms with Crippen LogP contribution in [-0.4, -0.2) is 60.0 Å². The second-order valence-electron chi connectivity index (χ2n) is 7.40. The quantitative estimate of drug-likeness (QED) is 0.677. The van der Waals surface area contributed by atoms with Gasteiger partial charge in [0.1, 0.15) is 16.5 Å². The summed E-state index contributed by atoms with van der Waals surface area (Å²) in [6, 6.07) is 12.6. The van der Waals surface area contributed by atoms with Gasteiger partial charge >= 0.3 is 0 Å². The second kappa shape index (κ2) is 8.88. The minimum absolute atomic E-state index is 0.117. The summed E-state index contributed by atoms with van der Waals surface area (Å²) in [7, 11) is 0. The Morgan fingerprint density at radius 1 is 1.14 bits per heavy atom. The number of carbonyl (C=O) groups is 1. The Morgan fingerprint density at radius 2 is 1.90 bits per heavy atom. The van der Waals surface area contributed by atoms with Gasteiger partial charge in [-0.05, 0) is 25.0 Å². The van der Waals surface area contributed by atoms with E-state index < -0.39 is 0 Å². The predicted octanol–water partition coefficient (Wildman–Crippen LogP) is 3.31. The molecule has 0 radical (unpaired) electrons. The highest BCUT2D eigenvalue weighted by atomic mass is 32.1. The lowest BCUT2D eigenvalue weighted by atomic mass is 10.2. The van der Waals surface area contributed by atoms with E-state index in [9.17, 15) is 4.79 Å². The Morgan fingerprint density at radius 3 is 2.62 bits per heavy atom. The van der Waals surface area contributed by atoms with E-state index in [0.29, 0.717) is 6.54 Å². The third-order valence-electron chi connectivity index (χ3n) is 5.15. The van der Waals surface area contributed by atoms with Crippen molar-refractivity contribution < 1.29 is 4.79 Å². The molecule has 4 rings (SSSR count). The van der Waals surface area contributed by atoms with Crippen molar-refractivity contribution in [1.82, 2.24) is 20.2 Å². The van der Waals surface area contributed by atoms with Crippen LogP contribution in [0.3, 0.4) is 0 Å². The summed E-state index contributed by atoms with van der Waals surface area (Å²) in [4.78, 5) is 28.3. The summed E-state index contributed by atoms with van der Waals surface area (Å²) in [5.74, 6) is 1.93. The minimum atomic E-state index is 0.117. The number of benzene rings is 1. The highest BCUT2D eigenvalue weighted by molar-refractivity contribution is 7.21. The highest BCUT2D eigenvalue weighted by Gasteiger charge is 2.23. The maximum absolute atomic E-state index is 12.0. The number of piperazine rings is 1. The molecular weight excluding hydrogens is 382 g/mol. The first-order chi connectivity index (χ1) is 14.1. The van der Waals surface area contributed by atoms with Crippen LogP contribution in [0.1, 0.15) is 19.2 Å². The van der Waals surface area contributed by atoms with Crippen LogP contribution in [0.25, 0.3) is 20.7 Å². The Balaban J connectivity index is 1.51. The second-order valence-corrected chi connectivity index (χ2v) is 8.43. The van der Waals surface area contributed by atoms with Gasteiger partial charge in [-0.1, -0.05) is 37.3 Å². The molecule has 152 valence electrons. The van der Waals surface area contributed by atoms with Gasteiger partial charge in [-0.25, -0.2) is 9.97 Å². The number of aromatic nitrogens is 2. The maximum atomic E-state index is 12.0. The molecular formula is C22H27N5OS. The van der Waals surface area contributed by atoms with Gasteiger partial charge in [0.25, 0.3) is 0 Å². The Labute approximate surface area is 175 Å². The van der Waals surface area contributed by atoms with Crippen molar-refractivity contribution in [3.63, 3.8) is 0 Å². The molecule has 0 unspecified atom stereocenters. The Hall–Kier alpha value is -2.51. The normalized spacial score (nSPS) is 15.0. The molecule has 1 aliphatic rings. The molecule has 6 nitrogen and oxygen atoms in total. The van der Waals surface area contributed by atoms with Crippen LogP contribution < -0.4 is 10.2 Å². The van der Waals surface area contributed by atoms with Gasteiger partial charge in [-0.2, -0.15) is 0 Å². The summed E-state index contributed by atoms with van der Waals surface area (Å²) < 4.78 is 0. The van der Waals surface area contributed by atoms with Gasteiger partial charge in [-0.3, -0.25) is 9.69 Å². The van der Waals surface area contributed by atoms with E-state index in [1.807, 2.05) is 13.0 Å². The Bertz CT molecular complexity index is 980. The molecule has 0 aliphatic carbocycles. The van der Waals surface area contributed by atoms with Gasteiger partial charge in [0.05, 0.1) is 11.9 Å². The fourth-order valence-corrected chi connectivity index (χ4v) is 4.71. The Kier molecular flexibility index (Phi) is 6.06. The number of hydrogen-bond acceptors (Lipinski definition) is 6. The number of nitrogens with zero attached hydrogens (tertiary/aromatic N) is 4. The topological polar surface area (TPSA) is 61.4 Å². The monoisotopic (exact) mass is 409 g/mol. The van der Waals surface area contributed by atoms with Crippen molar-refractivity contribution in [2.45, 2.75) is 20.3 Å². The summed E-state index contributed by atoms with van der Waals surface area (Å²) in [6.45, 7) is 8.70. The maximum Gasteiger partial charge on any atom is 0.234 e. The van der Waals surface area contributed by atoms with Crippen molar-refractivity contribution in [1.29, 1.82) is 0 Å². The van der Waals surface area contributed by atoms with Crippen LogP contribution in [0.2, 0.25) is 0 Å². The van der Waals surface area contributed by atoms with Crippen molar-refractivity contribution in [3.05, 3.63) is 42.2 Å². The summed E-state index contributed by atoms with van der Waals surface area (Å²) in [5.41, 5.74) is 1.21. The van der Waals surface area contributed by atoms with Gasteiger partial charge in [0.15, 0.2) is 0 Å². The summed E-state index contributed by atoms with van der Waals surface area (Å²) >= 11 is 1.72. The number of aryl methyl sites for hydroxylation is 1. The van der Waals surface area contributed by atoms with E-state index in [0.717, 1.165) is 61.0 Å². The van der Waals surface area contributed by atoms with Gasteiger partial charge < -0.3 is 10.2 Å². The first-order valence-electron chi connectivity index (χ1n) is 10.2. The SMILES string of the molecule is CCCNC(=O)CN1CCN(c2nc(C)nc3sc(-c4ccccc4)cc23)CC1. The van der Waals surface area contributed by atoms with E-state index in [1.54, 1.807) is 11.3 Å². The van der Waals surface area contributed by atoms with Crippen molar-refractivity contribution >= 4 is 33.3 Å². The molecule has 3 heterocycles. The summed E-state index contributed by atoms with van der Waals surface area (Å²) in [6.07, 6.45) is 0.966. The van der Waals surface area contributed by atoms with Gasteiger partial charge in [-0.15, -0.1) is 11.3 Å². The number of nitrogens with one attached hydrogen (secondary N) is 1. The third-order valence-corrected chi connectivity index (χ3v) is 6.23. The van der Waals surface area contributed by atoms with E-state index in [1.165, 1.54) is 10.4 Å². The zero-order valence-corrected chi connectivity index (χ0v) is 17.8. The lowest BCUT2D eigenvalue weighted by Gasteiger charge is -2.35. The molecule has 0 saturated carbocycles. The fraction of sp³-hybridized carbons (Fsp3) is 0.409. The first-order valence-corrected chi connectivity index (χ1v) is 11.0. The molecule has 0 bridgehead atoms. The van der Waals surface area contributed by atoms with Crippen LogP contribution in [0, 0.1) is 6.92 Å². The standard InChI is InChI=1S/C22H27N5OS/c1-3-9-23-20(28)15-26-10-12-27(13-11-26)21-18-14-19(17-7-5-4-6-8-17)29-22(18)25-16(2)24-21/h4-8,14H,3,9-13,15H2,1-2H3,(H,23,28). The number of anilines is 1. The van der Waals surface area contributed by atoms with Crippen LogP contribution in [0.15, 0.2) is 36.4 Å². The first kappa shape index (κ1) is 19.8. The lowest BCUT2D eigenvalue weighted by molar-refractivity contribution is -0.122. The van der Waals surface area contributed by atoms with Crippen molar-refractivity contribution in [2.24, 2.45) is 0 Å². The van der Waals surface area contributed by atoms with E-state index in [2.05, 4.69) is 57.4 Å².